The summed E-state index contributed by atoms with van der Waals surface area (Å²) in [5.41, 5.74) is 0.0239. The Kier molecular flexibility index (Phi) is 4.53. The zero-order valence-corrected chi connectivity index (χ0v) is 11.0. The first kappa shape index (κ1) is 14.3. The lowest BCUT2D eigenvalue weighted by atomic mass is 10.2. The fourth-order valence-corrected chi connectivity index (χ4v) is 1.36. The lowest BCUT2D eigenvalue weighted by molar-refractivity contribution is -0.152. The van der Waals surface area contributed by atoms with Crippen molar-refractivity contribution in [3.63, 3.8) is 0 Å². The summed E-state index contributed by atoms with van der Waals surface area (Å²) in [5, 5.41) is 2.85. The number of ether oxygens (including phenoxy) is 2. The molecule has 0 saturated heterocycles. The van der Waals surface area contributed by atoms with E-state index in [0.717, 1.165) is 0 Å². The number of esters is 1. The summed E-state index contributed by atoms with van der Waals surface area (Å²) in [7, 11) is 1.44. The van der Waals surface area contributed by atoms with E-state index < -0.39 is 11.4 Å². The van der Waals surface area contributed by atoms with Crippen molar-refractivity contribution >= 4 is 11.7 Å². The van der Waals surface area contributed by atoms with Gasteiger partial charge in [-0.15, -0.1) is 0 Å². The largest absolute Gasteiger partial charge is 0.494 e. The van der Waals surface area contributed by atoms with Gasteiger partial charge in [0.15, 0.2) is 0 Å². The van der Waals surface area contributed by atoms with Crippen LogP contribution >= 0.6 is 0 Å². The normalized spacial score (nSPS) is 10.9. The molecule has 0 saturated carbocycles. The third-order valence-corrected chi connectivity index (χ3v) is 2.01. The van der Waals surface area contributed by atoms with Gasteiger partial charge >= 0.3 is 5.97 Å². The summed E-state index contributed by atoms with van der Waals surface area (Å²) in [6.45, 7) is 5.38. The van der Waals surface area contributed by atoms with E-state index in [4.69, 9.17) is 9.47 Å². The summed E-state index contributed by atoms with van der Waals surface area (Å²) in [6.07, 6.45) is 0. The maximum absolute atomic E-state index is 13.0. The third kappa shape index (κ3) is 4.61. The molecule has 0 fully saturated rings. The average Bonchev–Trinajstić information content (AvgIpc) is 2.24. The van der Waals surface area contributed by atoms with Crippen molar-refractivity contribution in [3.05, 3.63) is 24.0 Å². The predicted molar refractivity (Wildman–Crippen MR) is 67.3 cm³/mol. The molecule has 1 aromatic carbocycles. The van der Waals surface area contributed by atoms with Crippen molar-refractivity contribution in [2.24, 2.45) is 0 Å². The van der Waals surface area contributed by atoms with Crippen LogP contribution in [0.1, 0.15) is 20.8 Å². The number of anilines is 1. The van der Waals surface area contributed by atoms with Crippen LogP contribution in [0.2, 0.25) is 0 Å². The molecule has 0 bridgehead atoms. The zero-order chi connectivity index (χ0) is 13.8. The maximum atomic E-state index is 13.0. The Hall–Kier alpha value is -1.78. The van der Waals surface area contributed by atoms with Gasteiger partial charge in [-0.05, 0) is 32.9 Å². The Bertz CT molecular complexity index is 427. The molecule has 0 atom stereocenters. The van der Waals surface area contributed by atoms with Crippen molar-refractivity contribution in [3.8, 4) is 5.75 Å². The molecule has 100 valence electrons. The Labute approximate surface area is 106 Å². The highest BCUT2D eigenvalue weighted by atomic mass is 19.1. The van der Waals surface area contributed by atoms with Crippen molar-refractivity contribution in [1.29, 1.82) is 0 Å². The molecule has 0 spiro atoms. The topological polar surface area (TPSA) is 47.6 Å². The minimum atomic E-state index is -0.522. The smallest absolute Gasteiger partial charge is 0.325 e. The summed E-state index contributed by atoms with van der Waals surface area (Å²) in [4.78, 5) is 11.5. The van der Waals surface area contributed by atoms with Gasteiger partial charge in [-0.25, -0.2) is 4.39 Å². The minimum absolute atomic E-state index is 0.000732. The molecule has 0 aromatic heterocycles. The zero-order valence-electron chi connectivity index (χ0n) is 11.0. The number of benzene rings is 1. The molecule has 0 amide bonds. The highest BCUT2D eigenvalue weighted by molar-refractivity contribution is 5.76. The van der Waals surface area contributed by atoms with Gasteiger partial charge in [0, 0.05) is 6.07 Å². The first-order valence-electron chi connectivity index (χ1n) is 5.61. The van der Waals surface area contributed by atoms with Crippen molar-refractivity contribution in [2.45, 2.75) is 26.4 Å². The monoisotopic (exact) mass is 255 g/mol. The summed E-state index contributed by atoms with van der Waals surface area (Å²) < 4.78 is 23.1. The van der Waals surface area contributed by atoms with E-state index in [9.17, 15) is 9.18 Å². The Morgan fingerprint density at radius 3 is 2.61 bits per heavy atom. The number of nitrogens with one attached hydrogen (secondary N) is 1. The third-order valence-electron chi connectivity index (χ3n) is 2.01. The first-order valence-corrected chi connectivity index (χ1v) is 5.61. The molecule has 0 aliphatic carbocycles. The van der Waals surface area contributed by atoms with E-state index in [1.807, 2.05) is 0 Å². The second kappa shape index (κ2) is 5.71. The number of halogens is 1. The van der Waals surface area contributed by atoms with Crippen LogP contribution in [0.15, 0.2) is 18.2 Å². The van der Waals surface area contributed by atoms with Gasteiger partial charge in [0.2, 0.25) is 0 Å². The van der Waals surface area contributed by atoms with Gasteiger partial charge in [-0.3, -0.25) is 4.79 Å². The van der Waals surface area contributed by atoms with Crippen LogP contribution in [0, 0.1) is 5.82 Å². The quantitative estimate of drug-likeness (QED) is 0.840. The molecule has 0 aliphatic rings. The molecule has 0 unspecified atom stereocenters. The summed E-state index contributed by atoms with van der Waals surface area (Å²) in [6, 6.07) is 4.05. The second-order valence-corrected chi connectivity index (χ2v) is 4.78. The number of hydrogen-bond donors (Lipinski definition) is 1. The molecule has 0 radical (unpaired) electrons. The molecule has 0 heterocycles. The Morgan fingerprint density at radius 2 is 2.06 bits per heavy atom. The van der Waals surface area contributed by atoms with Gasteiger partial charge in [0.1, 0.15) is 23.7 Å². The number of hydrogen-bond acceptors (Lipinski definition) is 4. The fourth-order valence-electron chi connectivity index (χ4n) is 1.36. The van der Waals surface area contributed by atoms with E-state index in [2.05, 4.69) is 5.32 Å². The lowest BCUT2D eigenvalue weighted by Gasteiger charge is -2.20. The van der Waals surface area contributed by atoms with Crippen LogP contribution in [0.25, 0.3) is 0 Å². The second-order valence-electron chi connectivity index (χ2n) is 4.78. The van der Waals surface area contributed by atoms with Gasteiger partial charge in [0.25, 0.3) is 0 Å². The average molecular weight is 255 g/mol. The molecular formula is C13H18FNO3. The first-order chi connectivity index (χ1) is 8.31. The summed E-state index contributed by atoms with van der Waals surface area (Å²) >= 11 is 0. The minimum Gasteiger partial charge on any atom is -0.494 e. The highest BCUT2D eigenvalue weighted by Crippen LogP contribution is 2.24. The fraction of sp³-hybridized carbons (Fsp3) is 0.462. The molecule has 1 N–H and O–H groups in total. The number of rotatable bonds is 4. The van der Waals surface area contributed by atoms with Crippen molar-refractivity contribution in [1.82, 2.24) is 0 Å². The van der Waals surface area contributed by atoms with E-state index in [1.54, 1.807) is 20.8 Å². The van der Waals surface area contributed by atoms with Crippen LogP contribution in [0.5, 0.6) is 5.75 Å². The molecule has 4 nitrogen and oxygen atoms in total. The maximum Gasteiger partial charge on any atom is 0.325 e. The lowest BCUT2D eigenvalue weighted by Crippen LogP contribution is -2.28. The molecular weight excluding hydrogens is 237 g/mol. The molecule has 0 aliphatic heterocycles. The van der Waals surface area contributed by atoms with Gasteiger partial charge < -0.3 is 14.8 Å². The predicted octanol–water partition coefficient (Wildman–Crippen LogP) is 2.59. The SMILES string of the molecule is COc1cc(F)ccc1NCC(=O)OC(C)(C)C. The van der Waals surface area contributed by atoms with Gasteiger partial charge in [-0.2, -0.15) is 0 Å². The van der Waals surface area contributed by atoms with Crippen molar-refractivity contribution < 1.29 is 18.7 Å². The van der Waals surface area contributed by atoms with Crippen LogP contribution in [0.4, 0.5) is 10.1 Å². The van der Waals surface area contributed by atoms with E-state index in [-0.39, 0.29) is 12.5 Å². The van der Waals surface area contributed by atoms with E-state index in [1.165, 1.54) is 25.3 Å². The highest BCUT2D eigenvalue weighted by Gasteiger charge is 2.16. The molecule has 1 rings (SSSR count). The van der Waals surface area contributed by atoms with Crippen LogP contribution in [-0.2, 0) is 9.53 Å². The van der Waals surface area contributed by atoms with Gasteiger partial charge in [0.05, 0.1) is 12.8 Å². The van der Waals surface area contributed by atoms with Crippen molar-refractivity contribution in [2.75, 3.05) is 19.0 Å². The number of carbonyl (C=O) groups excluding carboxylic acids is 1. The number of carbonyl (C=O) groups is 1. The standard InChI is InChI=1S/C13H18FNO3/c1-13(2,3)18-12(16)8-15-10-6-5-9(14)7-11(10)17-4/h5-7,15H,8H2,1-4H3. The van der Waals surface area contributed by atoms with E-state index >= 15 is 0 Å². The van der Waals surface area contributed by atoms with E-state index in [0.29, 0.717) is 11.4 Å². The van der Waals surface area contributed by atoms with Crippen LogP contribution in [-0.4, -0.2) is 25.2 Å². The molecule has 5 heteroatoms. The van der Waals surface area contributed by atoms with Gasteiger partial charge in [-0.1, -0.05) is 0 Å². The van der Waals surface area contributed by atoms with Crippen LogP contribution in [0.3, 0.4) is 0 Å². The molecule has 18 heavy (non-hydrogen) atoms. The molecule has 1 aromatic rings. The Morgan fingerprint density at radius 1 is 1.39 bits per heavy atom. The number of methoxy groups -OCH3 is 1. The summed E-state index contributed by atoms with van der Waals surface area (Å²) in [5.74, 6) is -0.429. The van der Waals surface area contributed by atoms with Crippen LogP contribution < -0.4 is 10.1 Å². The Balaban J connectivity index is 2.61.